The third-order valence-corrected chi connectivity index (χ3v) is 2.59. The molecule has 0 amide bonds. The number of nitrogens with zero attached hydrogens (tertiary/aromatic N) is 2. The van der Waals surface area contributed by atoms with Gasteiger partial charge in [0.15, 0.2) is 5.69 Å². The summed E-state index contributed by atoms with van der Waals surface area (Å²) in [4.78, 5) is 11.6. The van der Waals surface area contributed by atoms with E-state index in [2.05, 4.69) is 16.9 Å². The highest BCUT2D eigenvalue weighted by molar-refractivity contribution is 5.90. The van der Waals surface area contributed by atoms with Crippen molar-refractivity contribution in [3.63, 3.8) is 0 Å². The Hall–Kier alpha value is -2.74. The molecule has 0 saturated heterocycles. The number of benzene rings is 1. The largest absolute Gasteiger partial charge is 0.481 e. The van der Waals surface area contributed by atoms with Gasteiger partial charge in [0.25, 0.3) is 0 Å². The van der Waals surface area contributed by atoms with Crippen LogP contribution in [0.4, 0.5) is 0 Å². The van der Waals surface area contributed by atoms with Gasteiger partial charge in [-0.2, -0.15) is 5.10 Å². The maximum Gasteiger partial charge on any atom is 0.357 e. The maximum atomic E-state index is 11.6. The van der Waals surface area contributed by atoms with E-state index in [0.29, 0.717) is 11.3 Å². The first kappa shape index (κ1) is 13.7. The predicted molar refractivity (Wildman–Crippen MR) is 73.4 cm³/mol. The zero-order chi connectivity index (χ0) is 14.4. The number of para-hydroxylation sites is 1. The van der Waals surface area contributed by atoms with E-state index in [9.17, 15) is 4.79 Å². The van der Waals surface area contributed by atoms with Crippen LogP contribution in [0.2, 0.25) is 0 Å². The molecule has 0 bridgehead atoms. The Morgan fingerprint density at radius 1 is 1.35 bits per heavy atom. The smallest absolute Gasteiger partial charge is 0.357 e. The van der Waals surface area contributed by atoms with Gasteiger partial charge in [-0.3, -0.25) is 4.68 Å². The van der Waals surface area contributed by atoms with Crippen LogP contribution in [0.15, 0.2) is 36.5 Å². The minimum Gasteiger partial charge on any atom is -0.481 e. The van der Waals surface area contributed by atoms with Crippen LogP contribution in [0.1, 0.15) is 16.1 Å². The second-order valence-corrected chi connectivity index (χ2v) is 3.93. The number of hydrogen-bond donors (Lipinski definition) is 0. The zero-order valence-corrected chi connectivity index (χ0v) is 11.3. The lowest BCUT2D eigenvalue weighted by Gasteiger charge is -2.00. The molecule has 2 rings (SSSR count). The van der Waals surface area contributed by atoms with E-state index in [1.54, 1.807) is 7.05 Å². The first-order chi connectivity index (χ1) is 9.72. The molecule has 0 saturated carbocycles. The van der Waals surface area contributed by atoms with Crippen molar-refractivity contribution < 1.29 is 14.3 Å². The molecule has 0 spiro atoms. The fourth-order valence-electron chi connectivity index (χ4n) is 1.64. The molecule has 0 atom stereocenters. The van der Waals surface area contributed by atoms with Gasteiger partial charge in [-0.25, -0.2) is 4.79 Å². The van der Waals surface area contributed by atoms with E-state index in [0.717, 1.165) is 5.75 Å². The maximum absolute atomic E-state index is 11.6. The Morgan fingerprint density at radius 2 is 2.10 bits per heavy atom. The van der Waals surface area contributed by atoms with Crippen molar-refractivity contribution in [2.24, 2.45) is 7.05 Å². The van der Waals surface area contributed by atoms with Crippen molar-refractivity contribution in [3.05, 3.63) is 47.8 Å². The van der Waals surface area contributed by atoms with Gasteiger partial charge in [0.05, 0.1) is 18.9 Å². The van der Waals surface area contributed by atoms with E-state index in [-0.39, 0.29) is 6.61 Å². The number of methoxy groups -OCH3 is 1. The van der Waals surface area contributed by atoms with Crippen LogP contribution in [-0.4, -0.2) is 29.5 Å². The number of aryl methyl sites for hydroxylation is 1. The molecule has 1 heterocycles. The summed E-state index contributed by atoms with van der Waals surface area (Å²) in [6, 6.07) is 9.40. The minimum absolute atomic E-state index is 0.236. The molecule has 1 aromatic heterocycles. The van der Waals surface area contributed by atoms with E-state index >= 15 is 0 Å². The lowest BCUT2D eigenvalue weighted by atomic mass is 10.2. The molecule has 102 valence electrons. The van der Waals surface area contributed by atoms with Crippen LogP contribution in [0.25, 0.3) is 0 Å². The molecule has 2 aromatic rings. The van der Waals surface area contributed by atoms with Gasteiger partial charge in [-0.05, 0) is 12.1 Å². The van der Waals surface area contributed by atoms with Crippen LogP contribution in [0, 0.1) is 11.8 Å². The number of hydrogen-bond acceptors (Lipinski definition) is 4. The second-order valence-electron chi connectivity index (χ2n) is 3.93. The number of rotatable bonds is 3. The lowest BCUT2D eigenvalue weighted by molar-refractivity contribution is 0.0588. The highest BCUT2D eigenvalue weighted by Gasteiger charge is 2.15. The summed E-state index contributed by atoms with van der Waals surface area (Å²) < 4.78 is 11.6. The first-order valence-corrected chi connectivity index (χ1v) is 5.99. The van der Waals surface area contributed by atoms with Gasteiger partial charge < -0.3 is 9.47 Å². The molecule has 0 aliphatic rings. The molecular weight excluding hydrogens is 256 g/mol. The van der Waals surface area contributed by atoms with Gasteiger partial charge in [0, 0.05) is 7.05 Å². The van der Waals surface area contributed by atoms with Crippen molar-refractivity contribution in [3.8, 4) is 17.6 Å². The van der Waals surface area contributed by atoms with Crippen molar-refractivity contribution in [1.29, 1.82) is 0 Å². The average molecular weight is 270 g/mol. The molecule has 5 nitrogen and oxygen atoms in total. The Kier molecular flexibility index (Phi) is 4.40. The fourth-order valence-corrected chi connectivity index (χ4v) is 1.64. The Balaban J connectivity index is 2.04. The van der Waals surface area contributed by atoms with Crippen molar-refractivity contribution in [2.75, 3.05) is 13.7 Å². The fraction of sp³-hybridized carbons (Fsp3) is 0.200. The molecule has 0 aliphatic heterocycles. The summed E-state index contributed by atoms with van der Waals surface area (Å²) in [5.74, 6) is 6.00. The molecule has 0 radical (unpaired) electrons. The molecule has 5 heteroatoms. The average Bonchev–Trinajstić information content (AvgIpc) is 2.85. The van der Waals surface area contributed by atoms with Crippen LogP contribution in [0.5, 0.6) is 5.75 Å². The Bertz CT molecular complexity index is 651. The zero-order valence-electron chi connectivity index (χ0n) is 11.3. The van der Waals surface area contributed by atoms with E-state index < -0.39 is 5.97 Å². The third-order valence-electron chi connectivity index (χ3n) is 2.59. The van der Waals surface area contributed by atoms with Gasteiger partial charge in [0.1, 0.15) is 12.4 Å². The summed E-state index contributed by atoms with van der Waals surface area (Å²) in [7, 11) is 2.99. The van der Waals surface area contributed by atoms with Crippen LogP contribution < -0.4 is 4.74 Å². The quantitative estimate of drug-likeness (QED) is 0.628. The Labute approximate surface area is 117 Å². The summed E-state index contributed by atoms with van der Waals surface area (Å²) in [6.07, 6.45) is 1.53. The molecule has 0 aliphatic carbocycles. The van der Waals surface area contributed by atoms with Gasteiger partial charge in [-0.1, -0.05) is 30.0 Å². The number of esters is 1. The van der Waals surface area contributed by atoms with E-state index in [1.165, 1.54) is 18.0 Å². The number of ether oxygens (including phenoxy) is 2. The van der Waals surface area contributed by atoms with Crippen LogP contribution >= 0.6 is 0 Å². The second kappa shape index (κ2) is 6.43. The van der Waals surface area contributed by atoms with Crippen LogP contribution in [-0.2, 0) is 11.8 Å². The Morgan fingerprint density at radius 3 is 2.80 bits per heavy atom. The summed E-state index contributed by atoms with van der Waals surface area (Å²) >= 11 is 0. The SMILES string of the molecule is COC(=O)c1c(C#CCOc2ccccc2)cnn1C. The molecule has 0 unspecified atom stereocenters. The lowest BCUT2D eigenvalue weighted by Crippen LogP contribution is -2.10. The molecule has 1 aromatic carbocycles. The third kappa shape index (κ3) is 3.18. The molecular formula is C15H14N2O3. The highest BCUT2D eigenvalue weighted by Crippen LogP contribution is 2.08. The predicted octanol–water partition coefficient (Wildman–Crippen LogP) is 1.64. The highest BCUT2D eigenvalue weighted by atomic mass is 16.5. The topological polar surface area (TPSA) is 53.4 Å². The number of carbonyl (C=O) groups excluding carboxylic acids is 1. The normalized spacial score (nSPS) is 9.50. The molecule has 0 N–H and O–H groups in total. The summed E-state index contributed by atoms with van der Waals surface area (Å²) in [5.41, 5.74) is 0.857. The van der Waals surface area contributed by atoms with Crippen LogP contribution in [0.3, 0.4) is 0 Å². The van der Waals surface area contributed by atoms with Gasteiger partial charge in [0.2, 0.25) is 0 Å². The molecule has 0 fully saturated rings. The number of carbonyl (C=O) groups is 1. The van der Waals surface area contributed by atoms with Crippen molar-refractivity contribution in [2.45, 2.75) is 0 Å². The van der Waals surface area contributed by atoms with Crippen molar-refractivity contribution in [1.82, 2.24) is 9.78 Å². The van der Waals surface area contributed by atoms with E-state index in [4.69, 9.17) is 9.47 Å². The first-order valence-electron chi connectivity index (χ1n) is 5.99. The standard InChI is InChI=1S/C15H14N2O3/c1-17-14(15(18)19-2)12(11-16-17)7-6-10-20-13-8-4-3-5-9-13/h3-5,8-9,11H,10H2,1-2H3. The summed E-state index contributed by atoms with van der Waals surface area (Å²) in [5, 5.41) is 4.00. The number of aromatic nitrogens is 2. The summed E-state index contributed by atoms with van der Waals surface area (Å²) in [6.45, 7) is 0.236. The van der Waals surface area contributed by atoms with Gasteiger partial charge >= 0.3 is 5.97 Å². The van der Waals surface area contributed by atoms with E-state index in [1.807, 2.05) is 30.3 Å². The molecule has 20 heavy (non-hydrogen) atoms. The minimum atomic E-state index is -0.460. The van der Waals surface area contributed by atoms with Gasteiger partial charge in [-0.15, -0.1) is 0 Å². The van der Waals surface area contributed by atoms with Crippen molar-refractivity contribution >= 4 is 5.97 Å². The monoisotopic (exact) mass is 270 g/mol.